The predicted octanol–water partition coefficient (Wildman–Crippen LogP) is 4.49. The van der Waals surface area contributed by atoms with Crippen molar-refractivity contribution in [2.24, 2.45) is 0 Å². The minimum atomic E-state index is -0.0861. The van der Waals surface area contributed by atoms with Gasteiger partial charge in [-0.3, -0.25) is 4.79 Å². The van der Waals surface area contributed by atoms with Crippen molar-refractivity contribution in [3.8, 4) is 11.4 Å². The normalized spacial score (nSPS) is 10.6. The van der Waals surface area contributed by atoms with E-state index >= 15 is 0 Å². The summed E-state index contributed by atoms with van der Waals surface area (Å²) in [5.74, 6) is 0.828. The Kier molecular flexibility index (Phi) is 5.50. The van der Waals surface area contributed by atoms with Gasteiger partial charge in [0.2, 0.25) is 11.7 Å². The number of hydrogen-bond donors (Lipinski definition) is 0. The molecule has 0 atom stereocenters. The lowest BCUT2D eigenvalue weighted by Gasteiger charge is -2.19. The molecule has 1 aromatic heterocycles. The van der Waals surface area contributed by atoms with Crippen LogP contribution in [0.25, 0.3) is 11.4 Å². The third-order valence-corrected chi connectivity index (χ3v) is 4.18. The Bertz CT molecular complexity index is 955. The second-order valence-corrected chi connectivity index (χ2v) is 6.73. The topological polar surface area (TPSA) is 59.2 Å². The van der Waals surface area contributed by atoms with Gasteiger partial charge in [-0.2, -0.15) is 4.98 Å². The third kappa shape index (κ3) is 4.50. The molecule has 0 bridgehead atoms. The summed E-state index contributed by atoms with van der Waals surface area (Å²) in [5, 5.41) is 4.05. The maximum atomic E-state index is 13.0. The van der Waals surface area contributed by atoms with Crippen molar-refractivity contribution < 1.29 is 9.32 Å². The van der Waals surface area contributed by atoms with Crippen LogP contribution in [0.3, 0.4) is 0 Å². The number of aryl methyl sites for hydroxylation is 3. The Morgan fingerprint density at radius 3 is 2.52 bits per heavy atom. The molecule has 1 heterocycles. The first kappa shape index (κ1) is 18.6. The highest BCUT2D eigenvalue weighted by atomic mass is 16.5. The fraction of sp³-hybridized carbons (Fsp3) is 0.227. The molecule has 5 heteroatoms. The number of hydrogen-bond acceptors (Lipinski definition) is 4. The summed E-state index contributed by atoms with van der Waals surface area (Å²) >= 11 is 0. The molecule has 0 fully saturated rings. The second-order valence-electron chi connectivity index (χ2n) is 6.73. The molecule has 0 radical (unpaired) electrons. The lowest BCUT2D eigenvalue weighted by atomic mass is 10.1. The largest absolute Gasteiger partial charge is 0.337 e. The minimum Gasteiger partial charge on any atom is -0.337 e. The zero-order chi connectivity index (χ0) is 19.4. The van der Waals surface area contributed by atoms with Gasteiger partial charge in [-0.05, 0) is 39.0 Å². The van der Waals surface area contributed by atoms with E-state index in [0.717, 1.165) is 22.3 Å². The average Bonchev–Trinajstić information content (AvgIpc) is 3.08. The van der Waals surface area contributed by atoms with Gasteiger partial charge in [0.25, 0.3) is 5.91 Å². The molecule has 0 aliphatic rings. The van der Waals surface area contributed by atoms with Crippen LogP contribution in [0.4, 0.5) is 0 Å². The molecule has 0 spiro atoms. The highest BCUT2D eigenvalue weighted by Crippen LogP contribution is 2.18. The summed E-state index contributed by atoms with van der Waals surface area (Å²) in [6.07, 6.45) is 1.69. The van der Waals surface area contributed by atoms with Gasteiger partial charge in [-0.25, -0.2) is 0 Å². The predicted molar refractivity (Wildman–Crippen MR) is 105 cm³/mol. The van der Waals surface area contributed by atoms with Gasteiger partial charge in [-0.1, -0.05) is 52.2 Å². The van der Waals surface area contributed by atoms with Crippen molar-refractivity contribution in [3.05, 3.63) is 83.3 Å². The smallest absolute Gasteiger partial charge is 0.254 e. The SMILES string of the molecule is C=CCN(Cc1nc(-c2cccc(C)c2)no1)C(=O)c1cc(C)cc(C)c1. The van der Waals surface area contributed by atoms with E-state index in [1.165, 1.54) is 0 Å². The van der Waals surface area contributed by atoms with Crippen molar-refractivity contribution in [2.75, 3.05) is 6.54 Å². The fourth-order valence-electron chi connectivity index (χ4n) is 3.04. The highest BCUT2D eigenvalue weighted by molar-refractivity contribution is 5.94. The number of amides is 1. The first-order chi connectivity index (χ1) is 13.0. The quantitative estimate of drug-likeness (QED) is 0.607. The van der Waals surface area contributed by atoms with Crippen LogP contribution in [0.2, 0.25) is 0 Å². The van der Waals surface area contributed by atoms with E-state index in [2.05, 4.69) is 16.7 Å². The van der Waals surface area contributed by atoms with E-state index in [1.807, 2.05) is 63.2 Å². The maximum Gasteiger partial charge on any atom is 0.254 e. The molecule has 5 nitrogen and oxygen atoms in total. The third-order valence-electron chi connectivity index (χ3n) is 4.18. The highest BCUT2D eigenvalue weighted by Gasteiger charge is 2.19. The van der Waals surface area contributed by atoms with E-state index in [4.69, 9.17) is 4.52 Å². The Morgan fingerprint density at radius 2 is 1.85 bits per heavy atom. The van der Waals surface area contributed by atoms with Crippen LogP contribution in [0.1, 0.15) is 32.9 Å². The second kappa shape index (κ2) is 7.99. The molecule has 3 rings (SSSR count). The Morgan fingerprint density at radius 1 is 1.11 bits per heavy atom. The van der Waals surface area contributed by atoms with Gasteiger partial charge in [0.15, 0.2) is 0 Å². The van der Waals surface area contributed by atoms with Crippen molar-refractivity contribution in [2.45, 2.75) is 27.3 Å². The number of carbonyl (C=O) groups excluding carboxylic acids is 1. The van der Waals surface area contributed by atoms with E-state index in [9.17, 15) is 4.79 Å². The number of nitrogens with zero attached hydrogens (tertiary/aromatic N) is 3. The molecule has 0 N–H and O–H groups in total. The van der Waals surface area contributed by atoms with Gasteiger partial charge in [0.05, 0.1) is 0 Å². The molecule has 138 valence electrons. The van der Waals surface area contributed by atoms with Crippen LogP contribution in [0.5, 0.6) is 0 Å². The molecule has 0 unspecified atom stereocenters. The maximum absolute atomic E-state index is 13.0. The lowest BCUT2D eigenvalue weighted by Crippen LogP contribution is -2.31. The number of carbonyl (C=O) groups is 1. The van der Waals surface area contributed by atoms with E-state index in [0.29, 0.717) is 23.8 Å². The standard InChI is InChI=1S/C22H23N3O2/c1-5-9-25(22(26)19-12-16(3)10-17(4)13-19)14-20-23-21(24-27-20)18-8-6-7-15(2)11-18/h5-8,10-13H,1,9,14H2,2-4H3. The van der Waals surface area contributed by atoms with E-state index in [1.54, 1.807) is 11.0 Å². The lowest BCUT2D eigenvalue weighted by molar-refractivity contribution is 0.0745. The van der Waals surface area contributed by atoms with E-state index in [-0.39, 0.29) is 12.5 Å². The fourth-order valence-corrected chi connectivity index (χ4v) is 3.04. The Hall–Kier alpha value is -3.21. The van der Waals surface area contributed by atoms with Crippen molar-refractivity contribution >= 4 is 5.91 Å². The molecule has 2 aromatic carbocycles. The number of aromatic nitrogens is 2. The molecular weight excluding hydrogens is 338 g/mol. The summed E-state index contributed by atoms with van der Waals surface area (Å²) in [7, 11) is 0. The van der Waals surface area contributed by atoms with Gasteiger partial charge < -0.3 is 9.42 Å². The molecular formula is C22H23N3O2. The van der Waals surface area contributed by atoms with Gasteiger partial charge in [0, 0.05) is 17.7 Å². The van der Waals surface area contributed by atoms with Crippen LogP contribution >= 0.6 is 0 Å². The van der Waals surface area contributed by atoms with Crippen LogP contribution < -0.4 is 0 Å². The number of benzene rings is 2. The Labute approximate surface area is 159 Å². The number of rotatable bonds is 6. The van der Waals surface area contributed by atoms with Gasteiger partial charge in [0.1, 0.15) is 6.54 Å². The average molecular weight is 361 g/mol. The monoisotopic (exact) mass is 361 g/mol. The molecule has 0 aliphatic heterocycles. The minimum absolute atomic E-state index is 0.0861. The van der Waals surface area contributed by atoms with Crippen LogP contribution in [-0.2, 0) is 6.54 Å². The summed E-state index contributed by atoms with van der Waals surface area (Å²) in [4.78, 5) is 19.0. The van der Waals surface area contributed by atoms with Crippen molar-refractivity contribution in [1.82, 2.24) is 15.0 Å². The zero-order valence-electron chi connectivity index (χ0n) is 15.9. The van der Waals surface area contributed by atoms with E-state index < -0.39 is 0 Å². The molecule has 0 saturated heterocycles. The van der Waals surface area contributed by atoms with Crippen molar-refractivity contribution in [1.29, 1.82) is 0 Å². The summed E-state index contributed by atoms with van der Waals surface area (Å²) in [5.41, 5.74) is 4.76. The molecule has 27 heavy (non-hydrogen) atoms. The Balaban J connectivity index is 1.82. The zero-order valence-corrected chi connectivity index (χ0v) is 15.9. The first-order valence-electron chi connectivity index (χ1n) is 8.84. The van der Waals surface area contributed by atoms with Gasteiger partial charge in [-0.15, -0.1) is 6.58 Å². The first-order valence-corrected chi connectivity index (χ1v) is 8.84. The van der Waals surface area contributed by atoms with Crippen molar-refractivity contribution in [3.63, 3.8) is 0 Å². The molecule has 1 amide bonds. The molecule has 0 aliphatic carbocycles. The van der Waals surface area contributed by atoms with Crippen LogP contribution in [0.15, 0.2) is 59.6 Å². The molecule has 0 saturated carbocycles. The summed E-state index contributed by atoms with van der Waals surface area (Å²) in [6.45, 7) is 10.4. The van der Waals surface area contributed by atoms with Gasteiger partial charge >= 0.3 is 0 Å². The summed E-state index contributed by atoms with van der Waals surface area (Å²) in [6, 6.07) is 13.7. The van der Waals surface area contributed by atoms with Crippen LogP contribution in [0, 0.1) is 20.8 Å². The summed E-state index contributed by atoms with van der Waals surface area (Å²) < 4.78 is 5.38. The van der Waals surface area contributed by atoms with Crippen LogP contribution in [-0.4, -0.2) is 27.5 Å². The molecule has 3 aromatic rings.